The van der Waals surface area contributed by atoms with Crippen molar-refractivity contribution >= 4 is 16.7 Å². The van der Waals surface area contributed by atoms with Gasteiger partial charge in [0.1, 0.15) is 0 Å². The molecular formula is C20H14N2O2. The van der Waals surface area contributed by atoms with Crippen LogP contribution >= 0.6 is 0 Å². The van der Waals surface area contributed by atoms with E-state index in [2.05, 4.69) is 13.0 Å². The van der Waals surface area contributed by atoms with Gasteiger partial charge in [-0.2, -0.15) is 0 Å². The van der Waals surface area contributed by atoms with Crippen LogP contribution in [0.4, 0.5) is 0 Å². The van der Waals surface area contributed by atoms with Crippen LogP contribution < -0.4 is 0 Å². The first-order valence-corrected chi connectivity index (χ1v) is 7.92. The van der Waals surface area contributed by atoms with Gasteiger partial charge in [-0.1, -0.05) is 36.4 Å². The maximum atomic E-state index is 5.04. The molecule has 0 amide bonds. The Balaban J connectivity index is 1.75. The molecular weight excluding hydrogens is 300 g/mol. The van der Waals surface area contributed by atoms with Gasteiger partial charge in [-0.3, -0.25) is 9.15 Å². The molecule has 2 aromatic carbocycles. The van der Waals surface area contributed by atoms with Crippen LogP contribution in [0.5, 0.6) is 0 Å². The number of aromatic nitrogens is 2. The highest BCUT2D eigenvalue weighted by atomic mass is 17.0. The predicted octanol–water partition coefficient (Wildman–Crippen LogP) is 5.11. The monoisotopic (exact) mass is 314 g/mol. The van der Waals surface area contributed by atoms with Crippen molar-refractivity contribution in [2.24, 2.45) is 0 Å². The van der Waals surface area contributed by atoms with Crippen LogP contribution in [0, 0.1) is 0 Å². The molecule has 0 saturated carbocycles. The number of hydrogen-bond donors (Lipinski definition) is 0. The second kappa shape index (κ2) is 4.93. The molecule has 4 nitrogen and oxygen atoms in total. The third kappa shape index (κ3) is 1.93. The third-order valence-electron chi connectivity index (χ3n) is 4.46. The van der Waals surface area contributed by atoms with Crippen LogP contribution in [-0.2, 0) is 6.42 Å². The molecule has 5 rings (SSSR count). The predicted molar refractivity (Wildman–Crippen MR) is 92.3 cm³/mol. The van der Waals surface area contributed by atoms with Crippen LogP contribution in [-0.4, -0.2) is 9.97 Å². The Labute approximate surface area is 138 Å². The zero-order valence-corrected chi connectivity index (χ0v) is 13.1. The molecule has 0 unspecified atom stereocenters. The standard InChI is InChI=1S/C20H14N2O2/c1-12-7-9-15-18(12)21-20(13-5-3-2-4-6-13)22-19(15)14-8-10-16-17(11-14)24-23-16/h2-8,10-11H,9H2,1H3. The number of benzene rings is 2. The molecule has 0 atom stereocenters. The highest BCUT2D eigenvalue weighted by Gasteiger charge is 2.21. The topological polar surface area (TPSA) is 52.1 Å². The summed E-state index contributed by atoms with van der Waals surface area (Å²) in [5, 5.41) is 0. The highest BCUT2D eigenvalue weighted by Crippen LogP contribution is 2.36. The van der Waals surface area contributed by atoms with Crippen molar-refractivity contribution in [3.63, 3.8) is 0 Å². The summed E-state index contributed by atoms with van der Waals surface area (Å²) < 4.78 is 9.96. The van der Waals surface area contributed by atoms with E-state index in [-0.39, 0.29) is 0 Å². The maximum Gasteiger partial charge on any atom is 0.226 e. The maximum absolute atomic E-state index is 5.04. The van der Waals surface area contributed by atoms with Gasteiger partial charge >= 0.3 is 0 Å². The fourth-order valence-corrected chi connectivity index (χ4v) is 3.16. The molecule has 0 saturated heterocycles. The van der Waals surface area contributed by atoms with Gasteiger partial charge in [-0.05, 0) is 37.1 Å². The minimum atomic E-state index is 0.749. The summed E-state index contributed by atoms with van der Waals surface area (Å²) in [6.07, 6.45) is 3.07. The van der Waals surface area contributed by atoms with E-state index in [0.717, 1.165) is 45.9 Å². The smallest absolute Gasteiger partial charge is 0.226 e. The minimum absolute atomic E-state index is 0.749. The van der Waals surface area contributed by atoms with Gasteiger partial charge in [0.05, 0.1) is 11.4 Å². The zero-order chi connectivity index (χ0) is 16.1. The Kier molecular flexibility index (Phi) is 2.73. The van der Waals surface area contributed by atoms with Gasteiger partial charge in [0.25, 0.3) is 0 Å². The first kappa shape index (κ1) is 13.3. The van der Waals surface area contributed by atoms with Gasteiger partial charge < -0.3 is 0 Å². The fraction of sp³-hybridized carbons (Fsp3) is 0.100. The lowest BCUT2D eigenvalue weighted by Gasteiger charge is -2.12. The van der Waals surface area contributed by atoms with Gasteiger partial charge in [-0.25, -0.2) is 9.97 Å². The molecule has 24 heavy (non-hydrogen) atoms. The van der Waals surface area contributed by atoms with Crippen LogP contribution in [0.15, 0.2) is 63.8 Å². The molecule has 2 heterocycles. The minimum Gasteiger partial charge on any atom is -0.286 e. The summed E-state index contributed by atoms with van der Waals surface area (Å²) in [5.74, 6) is 0.749. The zero-order valence-electron chi connectivity index (χ0n) is 13.1. The Bertz CT molecular complexity index is 1090. The van der Waals surface area contributed by atoms with Crippen LogP contribution in [0.1, 0.15) is 18.2 Å². The quantitative estimate of drug-likeness (QED) is 0.482. The number of allylic oxidation sites excluding steroid dienone is 2. The molecule has 4 heteroatoms. The Morgan fingerprint density at radius 1 is 0.833 bits per heavy atom. The molecule has 116 valence electrons. The van der Waals surface area contributed by atoms with Crippen LogP contribution in [0.25, 0.3) is 39.4 Å². The van der Waals surface area contributed by atoms with Crippen molar-refractivity contribution in [1.29, 1.82) is 0 Å². The van der Waals surface area contributed by atoms with E-state index >= 15 is 0 Å². The average Bonchev–Trinajstić information content (AvgIpc) is 2.97. The van der Waals surface area contributed by atoms with E-state index in [4.69, 9.17) is 19.1 Å². The van der Waals surface area contributed by atoms with Crippen LogP contribution in [0.3, 0.4) is 0 Å². The van der Waals surface area contributed by atoms with Crippen molar-refractivity contribution in [2.75, 3.05) is 0 Å². The summed E-state index contributed by atoms with van der Waals surface area (Å²) in [6.45, 7) is 2.10. The first-order valence-electron chi connectivity index (χ1n) is 7.92. The Morgan fingerprint density at radius 3 is 2.38 bits per heavy atom. The van der Waals surface area contributed by atoms with Crippen molar-refractivity contribution in [3.05, 3.63) is 65.9 Å². The van der Waals surface area contributed by atoms with Gasteiger partial charge in [0.15, 0.2) is 5.82 Å². The highest BCUT2D eigenvalue weighted by molar-refractivity contribution is 5.83. The molecule has 0 spiro atoms. The van der Waals surface area contributed by atoms with Gasteiger partial charge in [0.2, 0.25) is 11.2 Å². The van der Waals surface area contributed by atoms with E-state index in [1.54, 1.807) is 0 Å². The van der Waals surface area contributed by atoms with E-state index in [9.17, 15) is 0 Å². The lowest BCUT2D eigenvalue weighted by molar-refractivity contribution is 0.0590. The summed E-state index contributed by atoms with van der Waals surface area (Å²) in [4.78, 5) is 9.68. The van der Waals surface area contributed by atoms with Crippen molar-refractivity contribution in [2.45, 2.75) is 13.3 Å². The first-order chi connectivity index (χ1) is 11.8. The lowest BCUT2D eigenvalue weighted by Crippen LogP contribution is -2.01. The Hall–Kier alpha value is -3.14. The second-order valence-corrected chi connectivity index (χ2v) is 6.01. The molecule has 4 aromatic rings. The molecule has 0 fully saturated rings. The van der Waals surface area contributed by atoms with Crippen molar-refractivity contribution < 1.29 is 9.15 Å². The summed E-state index contributed by atoms with van der Waals surface area (Å²) in [5.41, 5.74) is 7.94. The van der Waals surface area contributed by atoms with E-state index in [0.29, 0.717) is 0 Å². The largest absolute Gasteiger partial charge is 0.286 e. The number of rotatable bonds is 2. The summed E-state index contributed by atoms with van der Waals surface area (Å²) in [7, 11) is 0. The normalized spacial score (nSPS) is 13.3. The van der Waals surface area contributed by atoms with Gasteiger partial charge in [0, 0.05) is 16.7 Å². The number of hydrogen-bond acceptors (Lipinski definition) is 4. The Morgan fingerprint density at radius 2 is 1.62 bits per heavy atom. The van der Waals surface area contributed by atoms with Crippen LogP contribution in [0.2, 0.25) is 0 Å². The van der Waals surface area contributed by atoms with Crippen molar-refractivity contribution in [1.82, 2.24) is 9.97 Å². The second-order valence-electron chi connectivity index (χ2n) is 6.01. The fourth-order valence-electron chi connectivity index (χ4n) is 3.16. The number of fused-ring (bicyclic) bond motifs is 2. The summed E-state index contributed by atoms with van der Waals surface area (Å²) in [6, 6.07) is 16.0. The average molecular weight is 314 g/mol. The van der Waals surface area contributed by atoms with E-state index in [1.807, 2.05) is 48.5 Å². The molecule has 0 radical (unpaired) electrons. The molecule has 2 aromatic heterocycles. The van der Waals surface area contributed by atoms with E-state index < -0.39 is 0 Å². The third-order valence-corrected chi connectivity index (χ3v) is 4.46. The van der Waals surface area contributed by atoms with Gasteiger partial charge in [-0.15, -0.1) is 0 Å². The molecule has 0 aliphatic heterocycles. The number of nitrogens with zero attached hydrogens (tertiary/aromatic N) is 2. The molecule has 0 N–H and O–H groups in total. The van der Waals surface area contributed by atoms with Crippen molar-refractivity contribution in [3.8, 4) is 22.6 Å². The molecule has 1 aliphatic rings. The summed E-state index contributed by atoms with van der Waals surface area (Å²) >= 11 is 0. The SMILES string of the molecule is CC1=CCc2c1nc(-c1ccccc1)nc2-c1ccc2ooc2c1. The molecule has 0 bridgehead atoms. The lowest BCUT2D eigenvalue weighted by atomic mass is 10.0. The molecule has 1 aliphatic carbocycles. The van der Waals surface area contributed by atoms with E-state index in [1.165, 1.54) is 11.1 Å².